The van der Waals surface area contributed by atoms with Crippen molar-refractivity contribution >= 4 is 17.5 Å². The van der Waals surface area contributed by atoms with E-state index in [0.29, 0.717) is 13.1 Å². The first-order valence-electron chi connectivity index (χ1n) is 10.0. The van der Waals surface area contributed by atoms with Gasteiger partial charge in [-0.3, -0.25) is 14.5 Å². The van der Waals surface area contributed by atoms with E-state index in [1.54, 1.807) is 4.90 Å². The van der Waals surface area contributed by atoms with Gasteiger partial charge in [0.2, 0.25) is 11.8 Å². The molecule has 1 heterocycles. The standard InChI is InChI=1S/C23H29N3O2/c1-3-25(4-2)15-19-11-8-12-21(13-19)24-23(28)20-14-22(27)26(17-20)16-18-9-6-5-7-10-18/h5-13,20H,3-4,14-17H2,1-2H3,(H,24,28). The molecule has 3 rings (SSSR count). The molecular formula is C23H29N3O2. The minimum Gasteiger partial charge on any atom is -0.338 e. The molecule has 2 amide bonds. The van der Waals surface area contributed by atoms with Crippen molar-refractivity contribution in [3.8, 4) is 0 Å². The van der Waals surface area contributed by atoms with E-state index in [1.165, 1.54) is 5.56 Å². The van der Waals surface area contributed by atoms with Gasteiger partial charge in [-0.25, -0.2) is 0 Å². The number of likely N-dealkylation sites (tertiary alicyclic amines) is 1. The van der Waals surface area contributed by atoms with Crippen LogP contribution in [-0.4, -0.2) is 41.2 Å². The van der Waals surface area contributed by atoms with Crippen LogP contribution in [0.5, 0.6) is 0 Å². The molecule has 1 aliphatic rings. The fourth-order valence-corrected chi connectivity index (χ4v) is 3.60. The Morgan fingerprint density at radius 3 is 2.50 bits per heavy atom. The van der Waals surface area contributed by atoms with Gasteiger partial charge in [0.05, 0.1) is 5.92 Å². The molecule has 1 aliphatic heterocycles. The van der Waals surface area contributed by atoms with Gasteiger partial charge in [-0.1, -0.05) is 56.3 Å². The maximum atomic E-state index is 12.7. The van der Waals surface area contributed by atoms with Crippen LogP contribution in [-0.2, 0) is 22.7 Å². The minimum absolute atomic E-state index is 0.0410. The number of carbonyl (C=O) groups is 2. The van der Waals surface area contributed by atoms with Crippen LogP contribution in [0.2, 0.25) is 0 Å². The van der Waals surface area contributed by atoms with Crippen LogP contribution in [0.1, 0.15) is 31.4 Å². The molecule has 0 spiro atoms. The molecule has 1 saturated heterocycles. The Labute approximate surface area is 167 Å². The van der Waals surface area contributed by atoms with E-state index in [-0.39, 0.29) is 24.2 Å². The molecule has 2 aromatic rings. The van der Waals surface area contributed by atoms with Crippen LogP contribution < -0.4 is 5.32 Å². The molecule has 1 N–H and O–H groups in total. The molecule has 148 valence electrons. The maximum Gasteiger partial charge on any atom is 0.229 e. The van der Waals surface area contributed by atoms with E-state index in [0.717, 1.165) is 30.9 Å². The number of nitrogens with one attached hydrogen (secondary N) is 1. The number of anilines is 1. The fraction of sp³-hybridized carbons (Fsp3) is 0.391. The highest BCUT2D eigenvalue weighted by atomic mass is 16.2. The summed E-state index contributed by atoms with van der Waals surface area (Å²) in [6, 6.07) is 17.9. The zero-order valence-corrected chi connectivity index (χ0v) is 16.7. The van der Waals surface area contributed by atoms with Crippen LogP contribution in [0, 0.1) is 5.92 Å². The van der Waals surface area contributed by atoms with Crippen LogP contribution in [0.4, 0.5) is 5.69 Å². The summed E-state index contributed by atoms with van der Waals surface area (Å²) in [5.41, 5.74) is 3.05. The summed E-state index contributed by atoms with van der Waals surface area (Å²) in [5, 5.41) is 3.00. The summed E-state index contributed by atoms with van der Waals surface area (Å²) in [4.78, 5) is 29.1. The average Bonchev–Trinajstić information content (AvgIpc) is 3.08. The van der Waals surface area contributed by atoms with E-state index >= 15 is 0 Å². The van der Waals surface area contributed by atoms with E-state index in [2.05, 4.69) is 30.1 Å². The number of nitrogens with zero attached hydrogens (tertiary/aromatic N) is 2. The summed E-state index contributed by atoms with van der Waals surface area (Å²) in [6.07, 6.45) is 0.276. The third-order valence-electron chi connectivity index (χ3n) is 5.30. The normalized spacial score (nSPS) is 16.6. The SMILES string of the molecule is CCN(CC)Cc1cccc(NC(=O)C2CC(=O)N(Cc3ccccc3)C2)c1. The number of hydrogen-bond acceptors (Lipinski definition) is 3. The van der Waals surface area contributed by atoms with Crippen molar-refractivity contribution in [2.75, 3.05) is 25.0 Å². The molecule has 0 aliphatic carbocycles. The van der Waals surface area contributed by atoms with Gasteiger partial charge in [-0.2, -0.15) is 0 Å². The van der Waals surface area contributed by atoms with Gasteiger partial charge >= 0.3 is 0 Å². The number of benzene rings is 2. The number of carbonyl (C=O) groups excluding carboxylic acids is 2. The van der Waals surface area contributed by atoms with E-state index in [4.69, 9.17) is 0 Å². The number of amides is 2. The second kappa shape index (κ2) is 9.51. The molecule has 1 unspecified atom stereocenters. The molecule has 5 heteroatoms. The maximum absolute atomic E-state index is 12.7. The Kier molecular flexibility index (Phi) is 6.82. The van der Waals surface area contributed by atoms with Crippen molar-refractivity contribution in [1.82, 2.24) is 9.80 Å². The van der Waals surface area contributed by atoms with Crippen LogP contribution in [0.3, 0.4) is 0 Å². The first-order chi connectivity index (χ1) is 13.6. The summed E-state index contributed by atoms with van der Waals surface area (Å²) in [6.45, 7) is 8.18. The Morgan fingerprint density at radius 2 is 1.79 bits per heavy atom. The molecule has 2 aromatic carbocycles. The lowest BCUT2D eigenvalue weighted by molar-refractivity contribution is -0.128. The predicted molar refractivity (Wildman–Crippen MR) is 112 cm³/mol. The Morgan fingerprint density at radius 1 is 1.07 bits per heavy atom. The number of hydrogen-bond donors (Lipinski definition) is 1. The third kappa shape index (κ3) is 5.20. The molecule has 0 aromatic heterocycles. The second-order valence-corrected chi connectivity index (χ2v) is 7.31. The van der Waals surface area contributed by atoms with Crippen LogP contribution in [0.25, 0.3) is 0 Å². The molecular weight excluding hydrogens is 350 g/mol. The second-order valence-electron chi connectivity index (χ2n) is 7.31. The molecule has 0 saturated carbocycles. The smallest absolute Gasteiger partial charge is 0.229 e. The fourth-order valence-electron chi connectivity index (χ4n) is 3.60. The molecule has 1 fully saturated rings. The van der Waals surface area contributed by atoms with Gasteiger partial charge in [0.1, 0.15) is 0 Å². The topological polar surface area (TPSA) is 52.7 Å². The lowest BCUT2D eigenvalue weighted by Crippen LogP contribution is -2.28. The summed E-state index contributed by atoms with van der Waals surface area (Å²) < 4.78 is 0. The first kappa shape index (κ1) is 20.1. The predicted octanol–water partition coefficient (Wildman–Crippen LogP) is 3.52. The minimum atomic E-state index is -0.303. The Balaban J connectivity index is 1.58. The molecule has 5 nitrogen and oxygen atoms in total. The third-order valence-corrected chi connectivity index (χ3v) is 5.30. The van der Waals surface area contributed by atoms with Gasteiger partial charge in [0.25, 0.3) is 0 Å². The van der Waals surface area contributed by atoms with Gasteiger partial charge < -0.3 is 10.2 Å². The van der Waals surface area contributed by atoms with Crippen molar-refractivity contribution in [2.45, 2.75) is 33.4 Å². The van der Waals surface area contributed by atoms with Crippen molar-refractivity contribution in [2.24, 2.45) is 5.92 Å². The molecule has 0 bridgehead atoms. The van der Waals surface area contributed by atoms with E-state index in [9.17, 15) is 9.59 Å². The summed E-state index contributed by atoms with van der Waals surface area (Å²) >= 11 is 0. The largest absolute Gasteiger partial charge is 0.338 e. The van der Waals surface area contributed by atoms with Crippen molar-refractivity contribution in [3.63, 3.8) is 0 Å². The highest BCUT2D eigenvalue weighted by Gasteiger charge is 2.34. The molecule has 0 radical (unpaired) electrons. The Hall–Kier alpha value is -2.66. The summed E-state index contributed by atoms with van der Waals surface area (Å²) in [7, 11) is 0. The lowest BCUT2D eigenvalue weighted by Gasteiger charge is -2.19. The van der Waals surface area contributed by atoms with Crippen molar-refractivity contribution < 1.29 is 9.59 Å². The molecule has 28 heavy (non-hydrogen) atoms. The zero-order chi connectivity index (χ0) is 19.9. The van der Waals surface area contributed by atoms with Gasteiger partial charge in [-0.15, -0.1) is 0 Å². The highest BCUT2D eigenvalue weighted by molar-refractivity contribution is 5.97. The van der Waals surface area contributed by atoms with Crippen LogP contribution >= 0.6 is 0 Å². The van der Waals surface area contributed by atoms with E-state index < -0.39 is 0 Å². The molecule has 1 atom stereocenters. The van der Waals surface area contributed by atoms with Crippen molar-refractivity contribution in [1.29, 1.82) is 0 Å². The lowest BCUT2D eigenvalue weighted by atomic mass is 10.1. The zero-order valence-electron chi connectivity index (χ0n) is 16.7. The summed E-state index contributed by atoms with van der Waals surface area (Å²) in [5.74, 6) is -0.342. The monoisotopic (exact) mass is 379 g/mol. The number of rotatable bonds is 8. The van der Waals surface area contributed by atoms with E-state index in [1.807, 2.05) is 48.5 Å². The quantitative estimate of drug-likeness (QED) is 0.764. The van der Waals surface area contributed by atoms with Gasteiger partial charge in [0, 0.05) is 31.7 Å². The first-order valence-corrected chi connectivity index (χ1v) is 10.0. The van der Waals surface area contributed by atoms with Gasteiger partial charge in [0.15, 0.2) is 0 Å². The van der Waals surface area contributed by atoms with Gasteiger partial charge in [-0.05, 0) is 36.3 Å². The van der Waals surface area contributed by atoms with Crippen LogP contribution in [0.15, 0.2) is 54.6 Å². The highest BCUT2D eigenvalue weighted by Crippen LogP contribution is 2.22. The Bertz CT molecular complexity index is 803. The average molecular weight is 380 g/mol. The van der Waals surface area contributed by atoms with Crippen molar-refractivity contribution in [3.05, 3.63) is 65.7 Å².